The highest BCUT2D eigenvalue weighted by Gasteiger charge is 2.13. The summed E-state index contributed by atoms with van der Waals surface area (Å²) in [5.74, 6) is 0.473. The monoisotopic (exact) mass is 283 g/mol. The fourth-order valence-electron chi connectivity index (χ4n) is 2.20. The van der Waals surface area contributed by atoms with Crippen molar-refractivity contribution < 1.29 is 4.74 Å². The Morgan fingerprint density at radius 2 is 2.05 bits per heavy atom. The van der Waals surface area contributed by atoms with Gasteiger partial charge in [0.15, 0.2) is 0 Å². The predicted molar refractivity (Wildman–Crippen MR) is 83.1 cm³/mol. The van der Waals surface area contributed by atoms with Gasteiger partial charge < -0.3 is 10.1 Å². The number of benzene rings is 1. The fourth-order valence-corrected chi connectivity index (χ4v) is 2.49. The van der Waals surface area contributed by atoms with Crippen LogP contribution in [-0.2, 0) is 4.74 Å². The molecule has 0 spiro atoms. The second-order valence-corrected chi connectivity index (χ2v) is 5.17. The average molecular weight is 284 g/mol. The molecule has 0 radical (unpaired) electrons. The van der Waals surface area contributed by atoms with Gasteiger partial charge in [0.2, 0.25) is 0 Å². The van der Waals surface area contributed by atoms with Gasteiger partial charge in [0.25, 0.3) is 0 Å². The molecule has 0 aliphatic heterocycles. The summed E-state index contributed by atoms with van der Waals surface area (Å²) >= 11 is 6.31. The molecule has 0 aromatic heterocycles. The highest BCUT2D eigenvalue weighted by Crippen LogP contribution is 2.27. The van der Waals surface area contributed by atoms with Gasteiger partial charge in [-0.15, -0.1) is 0 Å². The van der Waals surface area contributed by atoms with Gasteiger partial charge >= 0.3 is 0 Å². The van der Waals surface area contributed by atoms with Gasteiger partial charge in [-0.05, 0) is 50.3 Å². The van der Waals surface area contributed by atoms with Crippen LogP contribution in [0.3, 0.4) is 0 Å². The van der Waals surface area contributed by atoms with Crippen LogP contribution in [0.1, 0.15) is 44.6 Å². The summed E-state index contributed by atoms with van der Waals surface area (Å²) in [5.41, 5.74) is 1.25. The third-order valence-corrected chi connectivity index (χ3v) is 3.55. The molecule has 0 saturated heterocycles. The van der Waals surface area contributed by atoms with Crippen molar-refractivity contribution in [2.45, 2.75) is 39.0 Å². The first-order valence-electron chi connectivity index (χ1n) is 7.32. The summed E-state index contributed by atoms with van der Waals surface area (Å²) in [6.07, 6.45) is 3.35. The molecule has 3 heteroatoms. The zero-order valence-corrected chi connectivity index (χ0v) is 12.9. The number of hydrogen-bond donors (Lipinski definition) is 1. The summed E-state index contributed by atoms with van der Waals surface area (Å²) in [4.78, 5) is 0. The smallest absolute Gasteiger partial charge is 0.0466 e. The Bertz CT molecular complexity index is 343. The van der Waals surface area contributed by atoms with Gasteiger partial charge in [-0.2, -0.15) is 0 Å². The number of nitrogens with one attached hydrogen (secondary N) is 1. The fraction of sp³-hybridized carbons (Fsp3) is 0.625. The maximum Gasteiger partial charge on any atom is 0.0466 e. The lowest BCUT2D eigenvalue weighted by Crippen LogP contribution is -2.23. The van der Waals surface area contributed by atoms with Crippen molar-refractivity contribution in [1.29, 1.82) is 0 Å². The van der Waals surface area contributed by atoms with Crippen LogP contribution in [0, 0.1) is 0 Å². The molecule has 0 aliphatic rings. The first-order chi connectivity index (χ1) is 9.29. The molecule has 108 valence electrons. The van der Waals surface area contributed by atoms with Gasteiger partial charge in [0.1, 0.15) is 0 Å². The third-order valence-electron chi connectivity index (χ3n) is 3.21. The Morgan fingerprint density at radius 3 is 2.74 bits per heavy atom. The van der Waals surface area contributed by atoms with Crippen molar-refractivity contribution in [2.24, 2.45) is 0 Å². The Labute approximate surface area is 122 Å². The van der Waals surface area contributed by atoms with Crippen LogP contribution in [-0.4, -0.2) is 26.3 Å². The quantitative estimate of drug-likeness (QED) is 0.649. The van der Waals surface area contributed by atoms with E-state index in [1.165, 1.54) is 5.56 Å². The topological polar surface area (TPSA) is 21.3 Å². The molecule has 0 fully saturated rings. The van der Waals surface area contributed by atoms with Crippen LogP contribution in [0.2, 0.25) is 5.02 Å². The Hall–Kier alpha value is -0.570. The largest absolute Gasteiger partial charge is 0.382 e. The molecule has 1 unspecified atom stereocenters. The second-order valence-electron chi connectivity index (χ2n) is 4.76. The van der Waals surface area contributed by atoms with E-state index in [0.717, 1.165) is 50.6 Å². The summed E-state index contributed by atoms with van der Waals surface area (Å²) < 4.78 is 5.42. The lowest BCUT2D eigenvalue weighted by Gasteiger charge is -2.19. The molecule has 2 nitrogen and oxygen atoms in total. The predicted octanol–water partition coefficient (Wildman–Crippen LogP) is 4.24. The Balaban J connectivity index is 2.55. The molecular formula is C16H26ClNO. The normalized spacial score (nSPS) is 12.6. The van der Waals surface area contributed by atoms with E-state index in [9.17, 15) is 0 Å². The SMILES string of the molecule is CCCNCC(CCCOCC)c1ccccc1Cl. The minimum absolute atomic E-state index is 0.473. The Morgan fingerprint density at radius 1 is 1.26 bits per heavy atom. The molecule has 0 heterocycles. The molecule has 0 bridgehead atoms. The van der Waals surface area contributed by atoms with Crippen molar-refractivity contribution >= 4 is 11.6 Å². The minimum Gasteiger partial charge on any atom is -0.382 e. The van der Waals surface area contributed by atoms with Gasteiger partial charge in [-0.1, -0.05) is 36.7 Å². The summed E-state index contributed by atoms with van der Waals surface area (Å²) in [6.45, 7) is 7.91. The zero-order valence-electron chi connectivity index (χ0n) is 12.1. The van der Waals surface area contributed by atoms with Crippen LogP contribution < -0.4 is 5.32 Å². The van der Waals surface area contributed by atoms with E-state index >= 15 is 0 Å². The molecule has 0 amide bonds. The van der Waals surface area contributed by atoms with Gasteiger partial charge in [-0.25, -0.2) is 0 Å². The lowest BCUT2D eigenvalue weighted by atomic mass is 9.94. The van der Waals surface area contributed by atoms with E-state index in [1.807, 2.05) is 19.1 Å². The van der Waals surface area contributed by atoms with Crippen LogP contribution in [0.15, 0.2) is 24.3 Å². The van der Waals surface area contributed by atoms with Crippen LogP contribution in [0.5, 0.6) is 0 Å². The minimum atomic E-state index is 0.473. The van der Waals surface area contributed by atoms with Crippen molar-refractivity contribution in [3.05, 3.63) is 34.9 Å². The van der Waals surface area contributed by atoms with E-state index in [2.05, 4.69) is 24.4 Å². The maximum absolute atomic E-state index is 6.31. The van der Waals surface area contributed by atoms with Crippen molar-refractivity contribution in [3.8, 4) is 0 Å². The highest BCUT2D eigenvalue weighted by molar-refractivity contribution is 6.31. The molecule has 1 aromatic rings. The first-order valence-corrected chi connectivity index (χ1v) is 7.70. The van der Waals surface area contributed by atoms with Crippen molar-refractivity contribution in [3.63, 3.8) is 0 Å². The van der Waals surface area contributed by atoms with Crippen LogP contribution >= 0.6 is 11.6 Å². The molecule has 1 atom stereocenters. The van der Waals surface area contributed by atoms with E-state index < -0.39 is 0 Å². The van der Waals surface area contributed by atoms with Crippen LogP contribution in [0.4, 0.5) is 0 Å². The number of ether oxygens (including phenoxy) is 1. The van der Waals surface area contributed by atoms with Gasteiger partial charge in [-0.3, -0.25) is 0 Å². The summed E-state index contributed by atoms with van der Waals surface area (Å²) in [6, 6.07) is 8.17. The van der Waals surface area contributed by atoms with Gasteiger partial charge in [0, 0.05) is 24.8 Å². The van der Waals surface area contributed by atoms with Crippen molar-refractivity contribution in [1.82, 2.24) is 5.32 Å². The summed E-state index contributed by atoms with van der Waals surface area (Å²) in [5, 5.41) is 4.38. The molecule has 1 N–H and O–H groups in total. The first kappa shape index (κ1) is 16.5. The molecule has 1 aromatic carbocycles. The summed E-state index contributed by atoms with van der Waals surface area (Å²) in [7, 11) is 0. The molecule has 19 heavy (non-hydrogen) atoms. The second kappa shape index (κ2) is 10.2. The third kappa shape index (κ3) is 6.42. The average Bonchev–Trinajstić information content (AvgIpc) is 2.42. The highest BCUT2D eigenvalue weighted by atomic mass is 35.5. The maximum atomic E-state index is 6.31. The number of rotatable bonds is 10. The molecule has 0 aliphatic carbocycles. The molecule has 1 rings (SSSR count). The standard InChI is InChI=1S/C16H26ClNO/c1-3-11-18-13-14(8-7-12-19-4-2)15-9-5-6-10-16(15)17/h5-6,9-10,14,18H,3-4,7-8,11-13H2,1-2H3. The number of hydrogen-bond acceptors (Lipinski definition) is 2. The van der Waals surface area contributed by atoms with E-state index in [-0.39, 0.29) is 0 Å². The number of halogens is 1. The van der Waals surface area contributed by atoms with E-state index in [0.29, 0.717) is 5.92 Å². The van der Waals surface area contributed by atoms with E-state index in [4.69, 9.17) is 16.3 Å². The van der Waals surface area contributed by atoms with E-state index in [1.54, 1.807) is 0 Å². The Kier molecular flexibility index (Phi) is 8.89. The van der Waals surface area contributed by atoms with Crippen LogP contribution in [0.25, 0.3) is 0 Å². The molecular weight excluding hydrogens is 258 g/mol. The van der Waals surface area contributed by atoms with Crippen molar-refractivity contribution in [2.75, 3.05) is 26.3 Å². The van der Waals surface area contributed by atoms with Gasteiger partial charge in [0.05, 0.1) is 0 Å². The zero-order chi connectivity index (χ0) is 13.9. The lowest BCUT2D eigenvalue weighted by molar-refractivity contribution is 0.141. The molecule has 0 saturated carbocycles.